The van der Waals surface area contributed by atoms with Crippen molar-refractivity contribution in [3.63, 3.8) is 0 Å². The van der Waals surface area contributed by atoms with Gasteiger partial charge in [0.2, 0.25) is 0 Å². The molecular formula is C46H32AuN8. The van der Waals surface area contributed by atoms with Crippen molar-refractivity contribution >= 4 is 92.2 Å². The molecule has 4 aliphatic rings. The number of benzene rings is 1. The van der Waals surface area contributed by atoms with Crippen LogP contribution < -0.4 is 0 Å². The number of nitrogens with zero attached hydrogens (tertiary/aromatic N) is 4. The number of fused-ring (bicyclic) bond motifs is 16. The van der Waals surface area contributed by atoms with Gasteiger partial charge in [-0.3, -0.25) is 0 Å². The summed E-state index contributed by atoms with van der Waals surface area (Å²) in [5.41, 5.74) is 17.9. The molecule has 7 aromatic rings. The van der Waals surface area contributed by atoms with Crippen LogP contribution in [0.5, 0.6) is 0 Å². The van der Waals surface area contributed by atoms with E-state index >= 15 is 0 Å². The fourth-order valence-corrected chi connectivity index (χ4v) is 6.81. The van der Waals surface area contributed by atoms with Gasteiger partial charge in [-0.25, -0.2) is 19.9 Å². The molecule has 10 heterocycles. The van der Waals surface area contributed by atoms with Crippen LogP contribution in [0.3, 0.4) is 0 Å². The molecule has 0 amide bonds. The van der Waals surface area contributed by atoms with Crippen molar-refractivity contribution in [1.82, 2.24) is 39.9 Å². The van der Waals surface area contributed by atoms with Gasteiger partial charge in [-0.15, -0.1) is 0 Å². The minimum Gasteiger partial charge on any atom is -0.355 e. The first-order valence-corrected chi connectivity index (χ1v) is 17.8. The topological polar surface area (TPSA) is 115 Å². The largest absolute Gasteiger partial charge is 0.355 e. The standard InChI is InChI=1S/C26H18N4.C20H14N4.Au/c1-2-4-17(5-3-1)25-15-24-14-22-9-8-20(28-22)12-18-6-7-19(27-18)13-21-10-11-23(29-21)16-26(25)30-24;1-2-14-10-16-5-6-18(23-16)12-20-8-7-19(24-20)11-17-4-3-15(22-17)9-13(1)21-14;/h1-16,27-28H;1-12,21-22H;. The van der Waals surface area contributed by atoms with Crippen LogP contribution in [0.15, 0.2) is 127 Å². The van der Waals surface area contributed by atoms with E-state index in [4.69, 9.17) is 9.97 Å². The van der Waals surface area contributed by atoms with Crippen LogP contribution >= 0.6 is 0 Å². The smallest absolute Gasteiger partial charge is 0.0737 e. The predicted molar refractivity (Wildman–Crippen MR) is 222 cm³/mol. The van der Waals surface area contributed by atoms with Gasteiger partial charge >= 0.3 is 0 Å². The first-order chi connectivity index (χ1) is 26.6. The second kappa shape index (κ2) is 14.5. The molecule has 0 saturated carbocycles. The fourth-order valence-electron chi connectivity index (χ4n) is 6.81. The Bertz CT molecular complexity index is 2970. The van der Waals surface area contributed by atoms with E-state index in [-0.39, 0.29) is 22.4 Å². The Morgan fingerprint density at radius 1 is 0.309 bits per heavy atom. The zero-order valence-electron chi connectivity index (χ0n) is 29.3. The number of rotatable bonds is 1. The van der Waals surface area contributed by atoms with E-state index in [1.54, 1.807) is 0 Å². The molecule has 16 bridgehead atoms. The molecule has 0 atom stereocenters. The first kappa shape index (κ1) is 34.0. The Kier molecular flexibility index (Phi) is 8.97. The molecule has 11 rings (SSSR count). The number of H-pyrrole nitrogens is 4. The minimum atomic E-state index is 0. The molecule has 0 unspecified atom stereocenters. The van der Waals surface area contributed by atoms with Gasteiger partial charge in [0.15, 0.2) is 0 Å². The first-order valence-electron chi connectivity index (χ1n) is 17.8. The number of hydrogen-bond donors (Lipinski definition) is 4. The quantitative estimate of drug-likeness (QED) is 0.123. The van der Waals surface area contributed by atoms with Crippen LogP contribution in [0.1, 0.15) is 51.1 Å². The molecule has 0 spiro atoms. The van der Waals surface area contributed by atoms with Crippen molar-refractivity contribution in [2.75, 3.05) is 0 Å². The minimum absolute atomic E-state index is 0. The molecule has 4 N–H and O–H groups in total. The number of nitrogens with one attached hydrogen (secondary N) is 4. The molecule has 8 nitrogen and oxygen atoms in total. The second-order valence-corrected chi connectivity index (χ2v) is 13.4. The van der Waals surface area contributed by atoms with E-state index in [0.717, 1.165) is 101 Å². The maximum absolute atomic E-state index is 4.90. The normalized spacial score (nSPS) is 12.5. The average Bonchev–Trinajstić information content (AvgIpc) is 4.01. The van der Waals surface area contributed by atoms with Crippen LogP contribution in [0.2, 0.25) is 0 Å². The van der Waals surface area contributed by atoms with Crippen LogP contribution in [0, 0.1) is 0 Å². The summed E-state index contributed by atoms with van der Waals surface area (Å²) in [6.07, 6.45) is 14.2. The van der Waals surface area contributed by atoms with Crippen molar-refractivity contribution in [2.24, 2.45) is 0 Å². The molecule has 0 saturated heterocycles. The molecule has 55 heavy (non-hydrogen) atoms. The molecule has 4 aliphatic heterocycles. The monoisotopic (exact) mass is 893 g/mol. The van der Waals surface area contributed by atoms with E-state index in [2.05, 4.69) is 139 Å². The Morgan fingerprint density at radius 2 is 0.655 bits per heavy atom. The molecule has 0 aliphatic carbocycles. The summed E-state index contributed by atoms with van der Waals surface area (Å²) in [6.45, 7) is 0. The Morgan fingerprint density at radius 3 is 1.07 bits per heavy atom. The van der Waals surface area contributed by atoms with E-state index in [1.807, 2.05) is 60.7 Å². The summed E-state index contributed by atoms with van der Waals surface area (Å²) in [5.74, 6) is 0. The fraction of sp³-hybridized carbons (Fsp3) is 0. The molecule has 6 aromatic heterocycles. The Labute approximate surface area is 331 Å². The molecule has 1 aromatic carbocycles. The maximum Gasteiger partial charge on any atom is 0.0737 e. The third-order valence-corrected chi connectivity index (χ3v) is 9.29. The molecule has 267 valence electrons. The average molecular weight is 894 g/mol. The van der Waals surface area contributed by atoms with Gasteiger partial charge < -0.3 is 19.9 Å². The molecular weight excluding hydrogens is 862 g/mol. The van der Waals surface area contributed by atoms with Gasteiger partial charge in [0, 0.05) is 72.1 Å². The SMILES string of the molecule is C1=Cc2cc3ccc(cc4ccc(cc5nc(cc1n2)C(c1ccccc1)=C5)[nH]4)[nH]3.C1=Cc2cc3ccc(cc4ccc(cc5nc(cc1n2)C=C5)[nH]4)[nH]3.[Au]. The zero-order valence-corrected chi connectivity index (χ0v) is 31.4. The van der Waals surface area contributed by atoms with Gasteiger partial charge in [0.1, 0.15) is 0 Å². The van der Waals surface area contributed by atoms with Crippen LogP contribution in [0.25, 0.3) is 92.2 Å². The van der Waals surface area contributed by atoms with E-state index < -0.39 is 0 Å². The summed E-state index contributed by atoms with van der Waals surface area (Å²) in [7, 11) is 0. The molecule has 9 heteroatoms. The van der Waals surface area contributed by atoms with E-state index in [1.165, 1.54) is 0 Å². The molecule has 1 radical (unpaired) electrons. The van der Waals surface area contributed by atoms with Crippen LogP contribution in [0.4, 0.5) is 0 Å². The summed E-state index contributed by atoms with van der Waals surface area (Å²) < 4.78 is 0. The van der Waals surface area contributed by atoms with Gasteiger partial charge in [-0.1, -0.05) is 30.3 Å². The third kappa shape index (κ3) is 7.65. The summed E-state index contributed by atoms with van der Waals surface area (Å²) in [5, 5.41) is 0. The van der Waals surface area contributed by atoms with Crippen molar-refractivity contribution < 1.29 is 22.4 Å². The predicted octanol–water partition coefficient (Wildman–Crippen LogP) is 10.7. The number of aromatic nitrogens is 8. The summed E-state index contributed by atoms with van der Waals surface area (Å²) in [4.78, 5) is 32.5. The van der Waals surface area contributed by atoms with E-state index in [0.29, 0.717) is 0 Å². The number of hydrogen-bond acceptors (Lipinski definition) is 4. The van der Waals surface area contributed by atoms with Gasteiger partial charge in [-0.2, -0.15) is 0 Å². The van der Waals surface area contributed by atoms with Crippen molar-refractivity contribution in [2.45, 2.75) is 0 Å². The number of aromatic amines is 4. The summed E-state index contributed by atoms with van der Waals surface area (Å²) >= 11 is 0. The van der Waals surface area contributed by atoms with Gasteiger partial charge in [0.25, 0.3) is 0 Å². The van der Waals surface area contributed by atoms with Crippen molar-refractivity contribution in [1.29, 1.82) is 0 Å². The van der Waals surface area contributed by atoms with Crippen LogP contribution in [-0.2, 0) is 22.4 Å². The van der Waals surface area contributed by atoms with Crippen LogP contribution in [-0.4, -0.2) is 39.9 Å². The maximum atomic E-state index is 4.90. The third-order valence-electron chi connectivity index (χ3n) is 9.29. The Balaban J connectivity index is 0.000000145. The van der Waals surface area contributed by atoms with E-state index in [9.17, 15) is 0 Å². The molecule has 0 fully saturated rings. The zero-order chi connectivity index (χ0) is 35.8. The second-order valence-electron chi connectivity index (χ2n) is 13.4. The van der Waals surface area contributed by atoms with Crippen molar-refractivity contribution in [3.05, 3.63) is 179 Å². The van der Waals surface area contributed by atoms with Crippen molar-refractivity contribution in [3.8, 4) is 0 Å². The van der Waals surface area contributed by atoms with Gasteiger partial charge in [0.05, 0.1) is 45.6 Å². The Hall–Kier alpha value is -6.84. The summed E-state index contributed by atoms with van der Waals surface area (Å²) in [6, 6.07) is 43.3. The van der Waals surface area contributed by atoms with Gasteiger partial charge in [-0.05, 0) is 145 Å².